The highest BCUT2D eigenvalue weighted by Gasteiger charge is 2.17. The van der Waals surface area contributed by atoms with Crippen LogP contribution < -0.4 is 5.32 Å². The molecule has 26 heavy (non-hydrogen) atoms. The molecule has 0 bridgehead atoms. The summed E-state index contributed by atoms with van der Waals surface area (Å²) in [6.07, 6.45) is 3.25. The monoisotopic (exact) mass is 350 g/mol. The Morgan fingerprint density at radius 1 is 1.12 bits per heavy atom. The van der Waals surface area contributed by atoms with Gasteiger partial charge in [-0.05, 0) is 36.8 Å². The molecule has 3 heterocycles. The first-order chi connectivity index (χ1) is 12.7. The first kappa shape index (κ1) is 16.0. The van der Waals surface area contributed by atoms with Crippen LogP contribution in [0, 0.1) is 12.7 Å². The van der Waals surface area contributed by atoms with Gasteiger partial charge >= 0.3 is 0 Å². The standard InChI is InChI=1S/C19H15FN4O2/c1-12-9-17(26-24-12)15-11-22-19(23-18(15)16-3-2-8-25-16)21-10-13-4-6-14(20)7-5-13/h2-9,11H,10H2,1H3,(H,21,22,23). The average molecular weight is 350 g/mol. The summed E-state index contributed by atoms with van der Waals surface area (Å²) in [5, 5.41) is 7.05. The lowest BCUT2D eigenvalue weighted by Gasteiger charge is -2.08. The van der Waals surface area contributed by atoms with Gasteiger partial charge in [0, 0.05) is 18.8 Å². The maximum Gasteiger partial charge on any atom is 0.223 e. The summed E-state index contributed by atoms with van der Waals surface area (Å²) in [4.78, 5) is 8.90. The number of nitrogens with zero attached hydrogens (tertiary/aromatic N) is 3. The lowest BCUT2D eigenvalue weighted by Crippen LogP contribution is -2.05. The number of rotatable bonds is 5. The van der Waals surface area contributed by atoms with Gasteiger partial charge in [-0.15, -0.1) is 0 Å². The zero-order valence-corrected chi connectivity index (χ0v) is 13.9. The summed E-state index contributed by atoms with van der Waals surface area (Å²) in [6.45, 7) is 2.32. The van der Waals surface area contributed by atoms with Crippen LogP contribution in [0.3, 0.4) is 0 Å². The molecule has 4 rings (SSSR count). The molecule has 0 fully saturated rings. The van der Waals surface area contributed by atoms with Crippen molar-refractivity contribution >= 4 is 5.95 Å². The van der Waals surface area contributed by atoms with Crippen LogP contribution in [0.5, 0.6) is 0 Å². The number of aryl methyl sites for hydroxylation is 1. The molecular formula is C19H15FN4O2. The number of benzene rings is 1. The van der Waals surface area contributed by atoms with E-state index in [1.54, 1.807) is 30.7 Å². The second-order valence-corrected chi connectivity index (χ2v) is 5.75. The Labute approximate surface area is 148 Å². The van der Waals surface area contributed by atoms with Gasteiger partial charge in [0.15, 0.2) is 11.5 Å². The van der Waals surface area contributed by atoms with Crippen LogP contribution >= 0.6 is 0 Å². The van der Waals surface area contributed by atoms with E-state index in [9.17, 15) is 4.39 Å². The summed E-state index contributed by atoms with van der Waals surface area (Å²) in [5.74, 6) is 1.33. The van der Waals surface area contributed by atoms with Gasteiger partial charge in [0.25, 0.3) is 0 Å². The maximum atomic E-state index is 13.0. The second kappa shape index (κ2) is 6.79. The fraction of sp³-hybridized carbons (Fsp3) is 0.105. The Morgan fingerprint density at radius 2 is 1.96 bits per heavy atom. The van der Waals surface area contributed by atoms with Crippen molar-refractivity contribution in [2.75, 3.05) is 5.32 Å². The Balaban J connectivity index is 1.65. The fourth-order valence-electron chi connectivity index (χ4n) is 2.52. The first-order valence-corrected chi connectivity index (χ1v) is 8.02. The van der Waals surface area contributed by atoms with Crippen LogP contribution in [0.4, 0.5) is 10.3 Å². The summed E-state index contributed by atoms with van der Waals surface area (Å²) >= 11 is 0. The van der Waals surface area contributed by atoms with Gasteiger partial charge in [-0.1, -0.05) is 17.3 Å². The molecule has 7 heteroatoms. The zero-order chi connectivity index (χ0) is 17.9. The van der Waals surface area contributed by atoms with Gasteiger partial charge < -0.3 is 14.3 Å². The third kappa shape index (κ3) is 3.32. The van der Waals surface area contributed by atoms with E-state index in [1.165, 1.54) is 12.1 Å². The molecule has 0 aliphatic heterocycles. The Hall–Kier alpha value is -3.48. The molecule has 0 spiro atoms. The van der Waals surface area contributed by atoms with Crippen LogP contribution in [-0.2, 0) is 6.54 Å². The number of hydrogen-bond donors (Lipinski definition) is 1. The van der Waals surface area contributed by atoms with E-state index < -0.39 is 0 Å². The minimum Gasteiger partial charge on any atom is -0.463 e. The predicted octanol–water partition coefficient (Wildman–Crippen LogP) is 4.45. The van der Waals surface area contributed by atoms with Gasteiger partial charge in [0.1, 0.15) is 11.5 Å². The van der Waals surface area contributed by atoms with Crippen LogP contribution in [0.1, 0.15) is 11.3 Å². The molecule has 0 unspecified atom stereocenters. The highest BCUT2D eigenvalue weighted by Crippen LogP contribution is 2.31. The molecule has 130 valence electrons. The topological polar surface area (TPSA) is 77.0 Å². The maximum absolute atomic E-state index is 13.0. The molecule has 1 N–H and O–H groups in total. The lowest BCUT2D eigenvalue weighted by molar-refractivity contribution is 0.427. The molecule has 0 saturated heterocycles. The van der Waals surface area contributed by atoms with E-state index in [0.29, 0.717) is 35.3 Å². The molecule has 3 aromatic heterocycles. The quantitative estimate of drug-likeness (QED) is 0.573. The molecule has 0 radical (unpaired) electrons. The third-order valence-corrected chi connectivity index (χ3v) is 3.80. The normalized spacial score (nSPS) is 10.8. The lowest BCUT2D eigenvalue weighted by atomic mass is 10.1. The van der Waals surface area contributed by atoms with Gasteiger partial charge in [0.2, 0.25) is 5.95 Å². The molecule has 1 aromatic carbocycles. The number of halogens is 1. The van der Waals surface area contributed by atoms with Crippen LogP contribution in [0.15, 0.2) is 63.9 Å². The highest BCUT2D eigenvalue weighted by molar-refractivity contribution is 5.75. The van der Waals surface area contributed by atoms with E-state index in [0.717, 1.165) is 11.3 Å². The number of furan rings is 1. The molecule has 0 amide bonds. The number of anilines is 1. The van der Waals surface area contributed by atoms with E-state index in [2.05, 4.69) is 20.4 Å². The van der Waals surface area contributed by atoms with E-state index in [1.807, 2.05) is 19.1 Å². The summed E-state index contributed by atoms with van der Waals surface area (Å²) in [5.41, 5.74) is 2.98. The van der Waals surface area contributed by atoms with Crippen molar-refractivity contribution in [3.8, 4) is 22.8 Å². The van der Waals surface area contributed by atoms with Crippen molar-refractivity contribution in [1.29, 1.82) is 0 Å². The van der Waals surface area contributed by atoms with Crippen LogP contribution in [0.2, 0.25) is 0 Å². The SMILES string of the molecule is Cc1cc(-c2cnc(NCc3ccc(F)cc3)nc2-c2ccco2)on1. The minimum atomic E-state index is -0.267. The molecule has 0 aliphatic carbocycles. The van der Waals surface area contributed by atoms with Crippen molar-refractivity contribution in [3.63, 3.8) is 0 Å². The molecule has 0 aliphatic rings. The summed E-state index contributed by atoms with van der Waals surface area (Å²) < 4.78 is 23.8. The molecule has 6 nitrogen and oxygen atoms in total. The van der Waals surface area contributed by atoms with Gasteiger partial charge in [-0.3, -0.25) is 0 Å². The average Bonchev–Trinajstić information content (AvgIpc) is 3.33. The summed E-state index contributed by atoms with van der Waals surface area (Å²) in [6, 6.07) is 11.7. The smallest absolute Gasteiger partial charge is 0.223 e. The number of nitrogens with one attached hydrogen (secondary N) is 1. The number of hydrogen-bond acceptors (Lipinski definition) is 6. The van der Waals surface area contributed by atoms with Gasteiger partial charge in [-0.25, -0.2) is 14.4 Å². The van der Waals surface area contributed by atoms with Crippen LogP contribution in [0.25, 0.3) is 22.8 Å². The van der Waals surface area contributed by atoms with Crippen molar-refractivity contribution in [2.24, 2.45) is 0 Å². The first-order valence-electron chi connectivity index (χ1n) is 8.02. The summed E-state index contributed by atoms with van der Waals surface area (Å²) in [7, 11) is 0. The predicted molar refractivity (Wildman–Crippen MR) is 93.7 cm³/mol. The third-order valence-electron chi connectivity index (χ3n) is 3.80. The van der Waals surface area contributed by atoms with E-state index in [-0.39, 0.29) is 5.82 Å². The minimum absolute atomic E-state index is 0.267. The van der Waals surface area contributed by atoms with Crippen molar-refractivity contribution < 1.29 is 13.3 Å². The number of aromatic nitrogens is 3. The molecule has 0 saturated carbocycles. The molecular weight excluding hydrogens is 335 g/mol. The van der Waals surface area contributed by atoms with E-state index in [4.69, 9.17) is 8.94 Å². The Bertz CT molecular complexity index is 1010. The highest BCUT2D eigenvalue weighted by atomic mass is 19.1. The van der Waals surface area contributed by atoms with Crippen LogP contribution in [-0.4, -0.2) is 15.1 Å². The fourth-order valence-corrected chi connectivity index (χ4v) is 2.52. The second-order valence-electron chi connectivity index (χ2n) is 5.75. The zero-order valence-electron chi connectivity index (χ0n) is 13.9. The van der Waals surface area contributed by atoms with Crippen molar-refractivity contribution in [3.05, 3.63) is 72.0 Å². The van der Waals surface area contributed by atoms with E-state index >= 15 is 0 Å². The van der Waals surface area contributed by atoms with Gasteiger partial charge in [-0.2, -0.15) is 0 Å². The van der Waals surface area contributed by atoms with Gasteiger partial charge in [0.05, 0.1) is 17.5 Å². The largest absolute Gasteiger partial charge is 0.463 e. The van der Waals surface area contributed by atoms with Crippen molar-refractivity contribution in [2.45, 2.75) is 13.5 Å². The molecule has 4 aromatic rings. The Kier molecular flexibility index (Phi) is 4.18. The molecule has 0 atom stereocenters. The Morgan fingerprint density at radius 3 is 2.65 bits per heavy atom. The van der Waals surface area contributed by atoms with Crippen molar-refractivity contribution in [1.82, 2.24) is 15.1 Å².